The van der Waals surface area contributed by atoms with Gasteiger partial charge in [-0.25, -0.2) is 13.4 Å². The van der Waals surface area contributed by atoms with Crippen LogP contribution >= 0.6 is 11.3 Å². The summed E-state index contributed by atoms with van der Waals surface area (Å²) in [7, 11) is -3.28. The standard InChI is InChI=1S/C23H20N2O3S2/c1-3-30(27,28)19-11-7-16(8-12-19)22(26)24-18-9-5-17(6-10-18)23-25-20-13-4-15(2)14-21(20)29-23/h4-14H,3H2,1-2H3,(H,24,26). The molecule has 0 fully saturated rings. The summed E-state index contributed by atoms with van der Waals surface area (Å²) in [5.41, 5.74) is 4.23. The van der Waals surface area contributed by atoms with Gasteiger partial charge in [0.2, 0.25) is 0 Å². The number of nitrogens with zero attached hydrogens (tertiary/aromatic N) is 1. The Kier molecular flexibility index (Phi) is 5.40. The second-order valence-electron chi connectivity index (χ2n) is 6.95. The number of amides is 1. The van der Waals surface area contributed by atoms with E-state index in [4.69, 9.17) is 0 Å². The maximum atomic E-state index is 12.5. The van der Waals surface area contributed by atoms with E-state index in [9.17, 15) is 13.2 Å². The summed E-state index contributed by atoms with van der Waals surface area (Å²) in [5, 5.41) is 3.77. The number of carbonyl (C=O) groups excluding carboxylic acids is 1. The molecular weight excluding hydrogens is 416 g/mol. The maximum absolute atomic E-state index is 12.5. The summed E-state index contributed by atoms with van der Waals surface area (Å²) in [4.78, 5) is 17.4. The molecule has 152 valence electrons. The van der Waals surface area contributed by atoms with Crippen LogP contribution in [0.1, 0.15) is 22.8 Å². The summed E-state index contributed by atoms with van der Waals surface area (Å²) in [6.45, 7) is 3.65. The van der Waals surface area contributed by atoms with E-state index in [1.165, 1.54) is 29.8 Å². The van der Waals surface area contributed by atoms with E-state index >= 15 is 0 Å². The average molecular weight is 437 g/mol. The van der Waals surface area contributed by atoms with Crippen molar-refractivity contribution in [3.05, 3.63) is 77.9 Å². The molecule has 0 aliphatic carbocycles. The number of hydrogen-bond acceptors (Lipinski definition) is 5. The van der Waals surface area contributed by atoms with E-state index in [0.717, 1.165) is 20.8 Å². The van der Waals surface area contributed by atoms with Crippen LogP contribution in [0.25, 0.3) is 20.8 Å². The van der Waals surface area contributed by atoms with E-state index in [1.807, 2.05) is 30.3 Å². The van der Waals surface area contributed by atoms with E-state index in [-0.39, 0.29) is 16.6 Å². The third-order valence-electron chi connectivity index (χ3n) is 4.79. The zero-order chi connectivity index (χ0) is 21.3. The number of benzene rings is 3. The summed E-state index contributed by atoms with van der Waals surface area (Å²) >= 11 is 1.64. The predicted molar refractivity (Wildman–Crippen MR) is 122 cm³/mol. The molecule has 0 spiro atoms. The fraction of sp³-hybridized carbons (Fsp3) is 0.130. The number of hydrogen-bond donors (Lipinski definition) is 1. The lowest BCUT2D eigenvalue weighted by Crippen LogP contribution is -2.12. The first-order chi connectivity index (χ1) is 14.4. The SMILES string of the molecule is CCS(=O)(=O)c1ccc(C(=O)Nc2ccc(-c3nc4ccc(C)cc4s3)cc2)cc1. The van der Waals surface area contributed by atoms with E-state index in [2.05, 4.69) is 29.4 Å². The van der Waals surface area contributed by atoms with Crippen LogP contribution in [0.4, 0.5) is 5.69 Å². The number of nitrogens with one attached hydrogen (secondary N) is 1. The Morgan fingerprint density at radius 2 is 1.70 bits per heavy atom. The van der Waals surface area contributed by atoms with Crippen molar-refractivity contribution in [2.75, 3.05) is 11.1 Å². The second kappa shape index (κ2) is 8.01. The van der Waals surface area contributed by atoms with Crippen molar-refractivity contribution in [3.8, 4) is 10.6 Å². The van der Waals surface area contributed by atoms with Crippen molar-refractivity contribution >= 4 is 43.0 Å². The number of rotatable bonds is 5. The Hall–Kier alpha value is -3.03. The quantitative estimate of drug-likeness (QED) is 0.459. The van der Waals surface area contributed by atoms with Crippen molar-refractivity contribution in [2.24, 2.45) is 0 Å². The molecule has 1 amide bonds. The third-order valence-corrected chi connectivity index (χ3v) is 7.61. The molecule has 30 heavy (non-hydrogen) atoms. The summed E-state index contributed by atoms with van der Waals surface area (Å²) < 4.78 is 24.9. The number of sulfone groups is 1. The Labute approximate surface area is 179 Å². The van der Waals surface area contributed by atoms with Gasteiger partial charge in [0.25, 0.3) is 5.91 Å². The van der Waals surface area contributed by atoms with Crippen molar-refractivity contribution in [3.63, 3.8) is 0 Å². The molecule has 3 aromatic carbocycles. The molecule has 4 rings (SSSR count). The van der Waals surface area contributed by atoms with E-state index in [0.29, 0.717) is 11.3 Å². The highest BCUT2D eigenvalue weighted by molar-refractivity contribution is 7.91. The van der Waals surface area contributed by atoms with Gasteiger partial charge in [0.1, 0.15) is 5.01 Å². The number of fused-ring (bicyclic) bond motifs is 1. The van der Waals surface area contributed by atoms with Gasteiger partial charge < -0.3 is 5.32 Å². The smallest absolute Gasteiger partial charge is 0.255 e. The molecule has 0 saturated carbocycles. The Bertz CT molecular complexity index is 1320. The van der Waals surface area contributed by atoms with Gasteiger partial charge in [-0.2, -0.15) is 0 Å². The molecule has 0 saturated heterocycles. The van der Waals surface area contributed by atoms with Gasteiger partial charge in [-0.3, -0.25) is 4.79 Å². The van der Waals surface area contributed by atoms with Crippen molar-refractivity contribution in [1.29, 1.82) is 0 Å². The maximum Gasteiger partial charge on any atom is 0.255 e. The molecule has 1 aromatic heterocycles. The summed E-state index contributed by atoms with van der Waals surface area (Å²) in [6, 6.07) is 19.7. The summed E-state index contributed by atoms with van der Waals surface area (Å²) in [6.07, 6.45) is 0. The lowest BCUT2D eigenvalue weighted by atomic mass is 10.2. The van der Waals surface area contributed by atoms with Crippen LogP contribution in [0, 0.1) is 6.92 Å². The monoisotopic (exact) mass is 436 g/mol. The number of aryl methyl sites for hydroxylation is 1. The average Bonchev–Trinajstić information content (AvgIpc) is 3.17. The fourth-order valence-electron chi connectivity index (χ4n) is 3.04. The van der Waals surface area contributed by atoms with Gasteiger partial charge in [-0.05, 0) is 73.2 Å². The molecule has 0 atom stereocenters. The normalized spacial score (nSPS) is 11.5. The highest BCUT2D eigenvalue weighted by Crippen LogP contribution is 2.31. The zero-order valence-electron chi connectivity index (χ0n) is 16.5. The van der Waals surface area contributed by atoms with Gasteiger partial charge in [0.15, 0.2) is 9.84 Å². The molecule has 7 heteroatoms. The molecule has 0 aliphatic heterocycles. The molecule has 0 aliphatic rings. The van der Waals surface area contributed by atoms with Crippen LogP contribution < -0.4 is 5.32 Å². The first-order valence-corrected chi connectivity index (χ1v) is 11.9. The minimum absolute atomic E-state index is 0.0269. The molecule has 1 N–H and O–H groups in total. The van der Waals surface area contributed by atoms with Crippen molar-refractivity contribution in [2.45, 2.75) is 18.7 Å². The predicted octanol–water partition coefficient (Wildman–Crippen LogP) is 5.32. The lowest BCUT2D eigenvalue weighted by Gasteiger charge is -2.07. The van der Waals surface area contributed by atoms with Crippen LogP contribution in [0.5, 0.6) is 0 Å². The molecule has 0 unspecified atom stereocenters. The highest BCUT2D eigenvalue weighted by atomic mass is 32.2. The van der Waals surface area contributed by atoms with Gasteiger partial charge in [-0.15, -0.1) is 11.3 Å². The second-order valence-corrected chi connectivity index (χ2v) is 10.3. The van der Waals surface area contributed by atoms with Crippen LogP contribution in [0.15, 0.2) is 71.6 Å². The largest absolute Gasteiger partial charge is 0.322 e. The first-order valence-electron chi connectivity index (χ1n) is 9.47. The van der Waals surface area contributed by atoms with Gasteiger partial charge >= 0.3 is 0 Å². The lowest BCUT2D eigenvalue weighted by molar-refractivity contribution is 0.102. The molecule has 1 heterocycles. The van der Waals surface area contributed by atoms with Crippen molar-refractivity contribution in [1.82, 2.24) is 4.98 Å². The first kappa shape index (κ1) is 20.3. The molecule has 0 bridgehead atoms. The minimum Gasteiger partial charge on any atom is -0.322 e. The minimum atomic E-state index is -3.28. The number of aromatic nitrogens is 1. The van der Waals surface area contributed by atoms with Crippen LogP contribution in [-0.2, 0) is 9.84 Å². The molecule has 4 aromatic rings. The van der Waals surface area contributed by atoms with Crippen LogP contribution in [0.3, 0.4) is 0 Å². The van der Waals surface area contributed by atoms with Gasteiger partial charge in [0, 0.05) is 16.8 Å². The number of anilines is 1. The third kappa shape index (κ3) is 4.13. The van der Waals surface area contributed by atoms with Crippen LogP contribution in [0.2, 0.25) is 0 Å². The van der Waals surface area contributed by atoms with Gasteiger partial charge in [-0.1, -0.05) is 13.0 Å². The van der Waals surface area contributed by atoms with E-state index < -0.39 is 9.84 Å². The molecular formula is C23H20N2O3S2. The van der Waals surface area contributed by atoms with Gasteiger partial charge in [0.05, 0.1) is 20.9 Å². The van der Waals surface area contributed by atoms with E-state index in [1.54, 1.807) is 18.3 Å². The Morgan fingerprint density at radius 3 is 2.37 bits per heavy atom. The number of carbonyl (C=O) groups is 1. The molecule has 5 nitrogen and oxygen atoms in total. The highest BCUT2D eigenvalue weighted by Gasteiger charge is 2.13. The number of thiazole rings is 1. The molecule has 0 radical (unpaired) electrons. The summed E-state index contributed by atoms with van der Waals surface area (Å²) in [5.74, 6) is -0.266. The Balaban J connectivity index is 1.49. The zero-order valence-corrected chi connectivity index (χ0v) is 18.2. The topological polar surface area (TPSA) is 76.1 Å². The fourth-order valence-corrected chi connectivity index (χ4v) is 4.99. The Morgan fingerprint density at radius 1 is 1.00 bits per heavy atom. The van der Waals surface area contributed by atoms with Crippen molar-refractivity contribution < 1.29 is 13.2 Å². The van der Waals surface area contributed by atoms with Crippen LogP contribution in [-0.4, -0.2) is 25.1 Å².